The standard InChI is InChI=1S/C14H27NO2/c1-5-12(13(16)17-4)15-11-7-6-9-14(2,3)10-8-11/h11-12,15H,5-10H2,1-4H3. The Morgan fingerprint density at radius 3 is 2.71 bits per heavy atom. The first-order valence-corrected chi connectivity index (χ1v) is 6.82. The number of esters is 1. The van der Waals surface area contributed by atoms with Gasteiger partial charge < -0.3 is 10.1 Å². The monoisotopic (exact) mass is 241 g/mol. The summed E-state index contributed by atoms with van der Waals surface area (Å²) in [5, 5.41) is 3.46. The van der Waals surface area contributed by atoms with Crippen molar-refractivity contribution in [3.8, 4) is 0 Å². The molecule has 100 valence electrons. The molecule has 17 heavy (non-hydrogen) atoms. The summed E-state index contributed by atoms with van der Waals surface area (Å²) in [6.45, 7) is 6.70. The predicted molar refractivity (Wildman–Crippen MR) is 69.9 cm³/mol. The third-order valence-electron chi connectivity index (χ3n) is 3.91. The van der Waals surface area contributed by atoms with Gasteiger partial charge in [-0.05, 0) is 37.5 Å². The Kier molecular flexibility index (Phi) is 5.44. The van der Waals surface area contributed by atoms with Crippen LogP contribution >= 0.6 is 0 Å². The van der Waals surface area contributed by atoms with Crippen molar-refractivity contribution in [1.82, 2.24) is 5.32 Å². The molecule has 0 aromatic rings. The van der Waals surface area contributed by atoms with Crippen LogP contribution in [0.5, 0.6) is 0 Å². The Bertz CT molecular complexity index is 251. The van der Waals surface area contributed by atoms with E-state index in [4.69, 9.17) is 4.74 Å². The topological polar surface area (TPSA) is 38.3 Å². The number of methoxy groups -OCH3 is 1. The number of carbonyl (C=O) groups excluding carboxylic acids is 1. The number of ether oxygens (including phenoxy) is 1. The quantitative estimate of drug-likeness (QED) is 0.607. The zero-order valence-electron chi connectivity index (χ0n) is 11.7. The second kappa shape index (κ2) is 6.39. The second-order valence-corrected chi connectivity index (χ2v) is 5.94. The molecule has 2 atom stereocenters. The molecule has 0 aliphatic heterocycles. The van der Waals surface area contributed by atoms with Gasteiger partial charge in [0.1, 0.15) is 6.04 Å². The zero-order chi connectivity index (χ0) is 12.9. The summed E-state index contributed by atoms with van der Waals surface area (Å²) in [5.41, 5.74) is 0.462. The zero-order valence-corrected chi connectivity index (χ0v) is 11.7. The van der Waals surface area contributed by atoms with Gasteiger partial charge in [0.05, 0.1) is 7.11 Å². The van der Waals surface area contributed by atoms with E-state index in [1.54, 1.807) is 0 Å². The highest BCUT2D eigenvalue weighted by atomic mass is 16.5. The van der Waals surface area contributed by atoms with Crippen molar-refractivity contribution in [1.29, 1.82) is 0 Å². The summed E-state index contributed by atoms with van der Waals surface area (Å²) in [7, 11) is 1.46. The first kappa shape index (κ1) is 14.5. The fraction of sp³-hybridized carbons (Fsp3) is 0.929. The molecule has 0 heterocycles. The Morgan fingerprint density at radius 2 is 2.12 bits per heavy atom. The molecule has 0 aromatic heterocycles. The van der Waals surface area contributed by atoms with Gasteiger partial charge in [0.15, 0.2) is 0 Å². The van der Waals surface area contributed by atoms with E-state index >= 15 is 0 Å². The average Bonchev–Trinajstić information content (AvgIpc) is 2.46. The average molecular weight is 241 g/mol. The third kappa shape index (κ3) is 4.66. The van der Waals surface area contributed by atoms with Crippen LogP contribution < -0.4 is 5.32 Å². The minimum atomic E-state index is -0.133. The van der Waals surface area contributed by atoms with E-state index in [0.29, 0.717) is 11.5 Å². The van der Waals surface area contributed by atoms with E-state index in [0.717, 1.165) is 6.42 Å². The SMILES string of the molecule is CCC(NC1CCCC(C)(C)CC1)C(=O)OC. The van der Waals surface area contributed by atoms with Crippen molar-refractivity contribution in [3.63, 3.8) is 0 Å². The molecule has 1 aliphatic rings. The molecule has 2 unspecified atom stereocenters. The van der Waals surface area contributed by atoms with Crippen LogP contribution in [0.25, 0.3) is 0 Å². The van der Waals surface area contributed by atoms with Crippen molar-refractivity contribution in [2.75, 3.05) is 7.11 Å². The maximum Gasteiger partial charge on any atom is 0.322 e. The van der Waals surface area contributed by atoms with E-state index in [2.05, 4.69) is 19.2 Å². The summed E-state index contributed by atoms with van der Waals surface area (Å²) < 4.78 is 4.82. The van der Waals surface area contributed by atoms with E-state index < -0.39 is 0 Å². The Balaban J connectivity index is 2.48. The highest BCUT2D eigenvalue weighted by Gasteiger charge is 2.27. The van der Waals surface area contributed by atoms with Crippen molar-refractivity contribution >= 4 is 5.97 Å². The summed E-state index contributed by atoms with van der Waals surface area (Å²) in [4.78, 5) is 11.5. The second-order valence-electron chi connectivity index (χ2n) is 5.94. The fourth-order valence-electron chi connectivity index (χ4n) is 2.61. The summed E-state index contributed by atoms with van der Waals surface area (Å²) >= 11 is 0. The lowest BCUT2D eigenvalue weighted by atomic mass is 9.85. The Labute approximate surface area is 105 Å². The molecule has 0 aromatic carbocycles. The maximum absolute atomic E-state index is 11.5. The van der Waals surface area contributed by atoms with Crippen LogP contribution in [-0.2, 0) is 9.53 Å². The van der Waals surface area contributed by atoms with Crippen molar-refractivity contribution in [2.45, 2.75) is 71.4 Å². The molecule has 1 aliphatic carbocycles. The largest absolute Gasteiger partial charge is 0.468 e. The van der Waals surface area contributed by atoms with Crippen LogP contribution in [0, 0.1) is 5.41 Å². The van der Waals surface area contributed by atoms with Crippen LogP contribution in [0.3, 0.4) is 0 Å². The van der Waals surface area contributed by atoms with Gasteiger partial charge in [0, 0.05) is 6.04 Å². The van der Waals surface area contributed by atoms with Crippen molar-refractivity contribution in [2.24, 2.45) is 5.41 Å². The minimum absolute atomic E-state index is 0.129. The van der Waals surface area contributed by atoms with Crippen LogP contribution in [0.4, 0.5) is 0 Å². The highest BCUT2D eigenvalue weighted by molar-refractivity contribution is 5.75. The van der Waals surface area contributed by atoms with Gasteiger partial charge in [0.25, 0.3) is 0 Å². The number of carbonyl (C=O) groups is 1. The fourth-order valence-corrected chi connectivity index (χ4v) is 2.61. The number of rotatable bonds is 4. The molecule has 0 spiro atoms. The normalized spacial score (nSPS) is 26.0. The lowest BCUT2D eigenvalue weighted by Crippen LogP contribution is -2.43. The van der Waals surface area contributed by atoms with E-state index in [1.807, 2.05) is 6.92 Å². The molecule has 1 N–H and O–H groups in total. The molecule has 3 heteroatoms. The third-order valence-corrected chi connectivity index (χ3v) is 3.91. The Hall–Kier alpha value is -0.570. The van der Waals surface area contributed by atoms with E-state index in [-0.39, 0.29) is 12.0 Å². The summed E-state index contributed by atoms with van der Waals surface area (Å²) in [6.07, 6.45) is 6.93. The lowest BCUT2D eigenvalue weighted by Gasteiger charge is -2.24. The van der Waals surface area contributed by atoms with Gasteiger partial charge in [-0.3, -0.25) is 4.79 Å². The molecule has 1 saturated carbocycles. The van der Waals surface area contributed by atoms with Gasteiger partial charge in [-0.1, -0.05) is 27.2 Å². The van der Waals surface area contributed by atoms with Gasteiger partial charge in [0.2, 0.25) is 0 Å². The summed E-state index contributed by atoms with van der Waals surface area (Å²) in [6, 6.07) is 0.340. The smallest absolute Gasteiger partial charge is 0.322 e. The van der Waals surface area contributed by atoms with Crippen molar-refractivity contribution < 1.29 is 9.53 Å². The maximum atomic E-state index is 11.5. The van der Waals surface area contributed by atoms with Gasteiger partial charge >= 0.3 is 5.97 Å². The van der Waals surface area contributed by atoms with E-state index in [1.165, 1.54) is 39.2 Å². The number of hydrogen-bond donors (Lipinski definition) is 1. The molecule has 1 rings (SSSR count). The molecule has 0 bridgehead atoms. The van der Waals surface area contributed by atoms with Crippen LogP contribution in [0.1, 0.15) is 59.3 Å². The van der Waals surface area contributed by atoms with Crippen molar-refractivity contribution in [3.05, 3.63) is 0 Å². The first-order valence-electron chi connectivity index (χ1n) is 6.82. The minimum Gasteiger partial charge on any atom is -0.468 e. The molecular formula is C14H27NO2. The molecule has 0 radical (unpaired) electrons. The van der Waals surface area contributed by atoms with Crippen LogP contribution in [0.15, 0.2) is 0 Å². The first-order chi connectivity index (χ1) is 7.98. The van der Waals surface area contributed by atoms with Crippen LogP contribution in [0.2, 0.25) is 0 Å². The van der Waals surface area contributed by atoms with Gasteiger partial charge in [-0.2, -0.15) is 0 Å². The Morgan fingerprint density at radius 1 is 1.41 bits per heavy atom. The van der Waals surface area contributed by atoms with E-state index in [9.17, 15) is 4.79 Å². The van der Waals surface area contributed by atoms with Gasteiger partial charge in [-0.15, -0.1) is 0 Å². The molecule has 0 saturated heterocycles. The number of nitrogens with one attached hydrogen (secondary N) is 1. The molecule has 1 fully saturated rings. The summed E-state index contributed by atoms with van der Waals surface area (Å²) in [5.74, 6) is -0.129. The molecule has 0 amide bonds. The highest BCUT2D eigenvalue weighted by Crippen LogP contribution is 2.33. The van der Waals surface area contributed by atoms with Crippen LogP contribution in [-0.4, -0.2) is 25.2 Å². The molecular weight excluding hydrogens is 214 g/mol. The molecule has 3 nitrogen and oxygen atoms in total. The number of hydrogen-bond acceptors (Lipinski definition) is 3. The lowest BCUT2D eigenvalue weighted by molar-refractivity contribution is -0.143. The van der Waals surface area contributed by atoms with Gasteiger partial charge in [-0.25, -0.2) is 0 Å². The predicted octanol–water partition coefficient (Wildman–Crippen LogP) is 2.89.